The van der Waals surface area contributed by atoms with Crippen molar-refractivity contribution in [2.75, 3.05) is 26.2 Å². The van der Waals surface area contributed by atoms with Gasteiger partial charge in [-0.25, -0.2) is 13.4 Å². The van der Waals surface area contributed by atoms with Crippen molar-refractivity contribution in [1.82, 2.24) is 19.0 Å². The first-order chi connectivity index (χ1) is 15.0. The number of piperazine rings is 1. The van der Waals surface area contributed by atoms with Crippen LogP contribution in [0.25, 0.3) is 16.6 Å². The molecule has 0 N–H and O–H groups in total. The van der Waals surface area contributed by atoms with Gasteiger partial charge in [-0.3, -0.25) is 4.90 Å². The van der Waals surface area contributed by atoms with Gasteiger partial charge in [0, 0.05) is 42.9 Å². The van der Waals surface area contributed by atoms with Crippen LogP contribution in [-0.2, 0) is 0 Å². The van der Waals surface area contributed by atoms with E-state index < -0.39 is 0 Å². The molecule has 0 radical (unpaired) electrons. The van der Waals surface area contributed by atoms with Crippen LogP contribution >= 0.6 is 11.9 Å². The Balaban J connectivity index is 1.49. The number of hydrogen-bond acceptors (Lipinski definition) is 4. The zero-order valence-electron chi connectivity index (χ0n) is 18.6. The van der Waals surface area contributed by atoms with Gasteiger partial charge in [0.05, 0.1) is 17.4 Å². The van der Waals surface area contributed by atoms with Gasteiger partial charge in [-0.2, -0.15) is 5.10 Å². The molecule has 1 aliphatic heterocycles. The Kier molecular flexibility index (Phi) is 5.80. The maximum atomic E-state index is 13.4. The summed E-state index contributed by atoms with van der Waals surface area (Å²) < 4.78 is 17.9. The summed E-state index contributed by atoms with van der Waals surface area (Å²) in [4.78, 5) is 2.67. The molecule has 164 valence electrons. The van der Waals surface area contributed by atoms with Gasteiger partial charge in [-0.15, -0.1) is 0 Å². The van der Waals surface area contributed by atoms with Gasteiger partial charge in [0.15, 0.2) is 0 Å². The molecule has 4 nitrogen and oxygen atoms in total. The lowest BCUT2D eigenvalue weighted by molar-refractivity contribution is 0.110. The Hall–Kier alpha value is -1.89. The van der Waals surface area contributed by atoms with Crippen LogP contribution in [-0.4, -0.2) is 50.4 Å². The molecule has 1 aromatic heterocycles. The number of halogens is 1. The molecule has 2 fully saturated rings. The van der Waals surface area contributed by atoms with Crippen LogP contribution in [0.15, 0.2) is 42.6 Å². The van der Waals surface area contributed by atoms with E-state index in [4.69, 9.17) is 0 Å². The number of aryl methyl sites for hydroxylation is 1. The fraction of sp³-hybridized carbons (Fsp3) is 0.480. The fourth-order valence-electron chi connectivity index (χ4n) is 4.60. The van der Waals surface area contributed by atoms with E-state index in [0.717, 1.165) is 48.0 Å². The monoisotopic (exact) mass is 438 g/mol. The van der Waals surface area contributed by atoms with E-state index >= 15 is 0 Å². The second kappa shape index (κ2) is 8.57. The minimum atomic E-state index is -0.227. The van der Waals surface area contributed by atoms with Crippen molar-refractivity contribution in [1.29, 1.82) is 0 Å². The second-order valence-electron chi connectivity index (χ2n) is 9.40. The number of hydrogen-bond donors (Lipinski definition) is 0. The molecule has 1 saturated carbocycles. The minimum Gasteiger partial charge on any atom is -0.293 e. The van der Waals surface area contributed by atoms with Crippen molar-refractivity contribution in [3.63, 3.8) is 0 Å². The molecule has 1 atom stereocenters. The lowest BCUT2D eigenvalue weighted by Crippen LogP contribution is -2.47. The van der Waals surface area contributed by atoms with Gasteiger partial charge in [-0.1, -0.05) is 25.8 Å². The second-order valence-corrected chi connectivity index (χ2v) is 10.8. The summed E-state index contributed by atoms with van der Waals surface area (Å²) in [5.41, 5.74) is 4.67. The van der Waals surface area contributed by atoms with Crippen molar-refractivity contribution in [3.05, 3.63) is 59.5 Å². The summed E-state index contributed by atoms with van der Waals surface area (Å²) in [7, 11) is 0. The van der Waals surface area contributed by atoms with Gasteiger partial charge >= 0.3 is 0 Å². The van der Waals surface area contributed by atoms with Crippen LogP contribution in [0.5, 0.6) is 0 Å². The van der Waals surface area contributed by atoms with Crippen LogP contribution in [0.3, 0.4) is 0 Å². The van der Waals surface area contributed by atoms with Gasteiger partial charge in [0.2, 0.25) is 0 Å². The van der Waals surface area contributed by atoms with Gasteiger partial charge in [0.1, 0.15) is 5.82 Å². The zero-order chi connectivity index (χ0) is 21.5. The summed E-state index contributed by atoms with van der Waals surface area (Å²) in [5.74, 6) is 0.422. The molecule has 1 saturated heterocycles. The van der Waals surface area contributed by atoms with Crippen molar-refractivity contribution in [2.45, 2.75) is 44.9 Å². The Morgan fingerprint density at radius 2 is 1.90 bits per heavy atom. The normalized spacial score (nSPS) is 20.7. The Labute approximate surface area is 188 Å². The van der Waals surface area contributed by atoms with Crippen LogP contribution < -0.4 is 0 Å². The topological polar surface area (TPSA) is 24.3 Å². The number of aromatic nitrogens is 2. The Bertz CT molecular complexity index is 1060. The predicted octanol–water partition coefficient (Wildman–Crippen LogP) is 5.60. The molecule has 3 aromatic rings. The summed E-state index contributed by atoms with van der Waals surface area (Å²) >= 11 is 2.08. The summed E-state index contributed by atoms with van der Waals surface area (Å²) in [6.45, 7) is 11.3. The number of benzene rings is 2. The highest BCUT2D eigenvalue weighted by atomic mass is 32.2. The molecule has 31 heavy (non-hydrogen) atoms. The van der Waals surface area contributed by atoms with Crippen molar-refractivity contribution in [2.24, 2.45) is 5.92 Å². The summed E-state index contributed by atoms with van der Waals surface area (Å²) in [5, 5.41) is 6.60. The predicted molar refractivity (Wildman–Crippen MR) is 127 cm³/mol. The third-order valence-electron chi connectivity index (χ3n) is 6.26. The molecule has 0 amide bonds. The maximum Gasteiger partial charge on any atom is 0.123 e. The molecule has 2 heterocycles. The number of nitrogens with zero attached hydrogens (tertiary/aromatic N) is 4. The van der Waals surface area contributed by atoms with E-state index in [1.54, 1.807) is 12.1 Å². The molecule has 1 aliphatic carbocycles. The molecule has 1 unspecified atom stereocenters. The smallest absolute Gasteiger partial charge is 0.123 e. The third-order valence-corrected chi connectivity index (χ3v) is 7.66. The van der Waals surface area contributed by atoms with Crippen LogP contribution in [0.2, 0.25) is 0 Å². The first-order valence-corrected chi connectivity index (χ1v) is 12.2. The van der Waals surface area contributed by atoms with E-state index in [-0.39, 0.29) is 5.82 Å². The summed E-state index contributed by atoms with van der Waals surface area (Å²) in [6, 6.07) is 11.5. The Morgan fingerprint density at radius 1 is 1.13 bits per heavy atom. The van der Waals surface area contributed by atoms with Gasteiger partial charge in [0.25, 0.3) is 0 Å². The van der Waals surface area contributed by atoms with Gasteiger partial charge in [-0.05, 0) is 73.2 Å². The average molecular weight is 439 g/mol. The third kappa shape index (κ3) is 4.52. The maximum absolute atomic E-state index is 13.4. The van der Waals surface area contributed by atoms with E-state index in [0.29, 0.717) is 12.0 Å². The fourth-order valence-corrected chi connectivity index (χ4v) is 5.78. The lowest BCUT2D eigenvalue weighted by Gasteiger charge is -2.42. The first kappa shape index (κ1) is 21.0. The van der Waals surface area contributed by atoms with Gasteiger partial charge < -0.3 is 0 Å². The molecule has 2 aromatic carbocycles. The van der Waals surface area contributed by atoms with Crippen LogP contribution in [0.4, 0.5) is 4.39 Å². The van der Waals surface area contributed by atoms with E-state index in [2.05, 4.69) is 59.2 Å². The standard InChI is InChI=1S/C25H31FN4S/c1-17(2)15-28-10-11-29(31-22-8-9-22)16-25(28)23-13-19-14-27-30(24(19)12-18(23)3)21-6-4-20(26)5-7-21/h4-7,12-14,17,22,25H,8-11,15-16H2,1-3H3. The van der Waals surface area contributed by atoms with Crippen molar-refractivity contribution in [3.8, 4) is 5.69 Å². The van der Waals surface area contributed by atoms with E-state index in [9.17, 15) is 4.39 Å². The summed E-state index contributed by atoms with van der Waals surface area (Å²) in [6.07, 6.45) is 4.68. The number of rotatable bonds is 6. The molecule has 6 heteroatoms. The quantitative estimate of drug-likeness (QED) is 0.468. The average Bonchev–Trinajstić information content (AvgIpc) is 3.46. The SMILES string of the molecule is Cc1cc2c(cnn2-c2ccc(F)cc2)cc1C1CN(SC2CC2)CCN1CC(C)C. The van der Waals surface area contributed by atoms with Crippen molar-refractivity contribution >= 4 is 22.9 Å². The van der Waals surface area contributed by atoms with Crippen molar-refractivity contribution < 1.29 is 4.39 Å². The molecular formula is C25H31FN4S. The highest BCUT2D eigenvalue weighted by molar-refractivity contribution is 7.97. The first-order valence-electron chi connectivity index (χ1n) is 11.4. The molecule has 0 spiro atoms. The van der Waals surface area contributed by atoms with E-state index in [1.165, 1.54) is 36.1 Å². The highest BCUT2D eigenvalue weighted by Crippen LogP contribution is 2.40. The number of fused-ring (bicyclic) bond motifs is 1. The van der Waals surface area contributed by atoms with Crippen LogP contribution in [0, 0.1) is 18.7 Å². The molecular weight excluding hydrogens is 407 g/mol. The molecule has 0 bridgehead atoms. The zero-order valence-corrected chi connectivity index (χ0v) is 19.4. The minimum absolute atomic E-state index is 0.227. The largest absolute Gasteiger partial charge is 0.293 e. The van der Waals surface area contributed by atoms with Crippen LogP contribution in [0.1, 0.15) is 43.9 Å². The highest BCUT2D eigenvalue weighted by Gasteiger charge is 2.33. The molecule has 5 rings (SSSR count). The lowest BCUT2D eigenvalue weighted by atomic mass is 9.96. The Morgan fingerprint density at radius 3 is 2.61 bits per heavy atom. The molecule has 2 aliphatic rings. The van der Waals surface area contributed by atoms with E-state index in [1.807, 2.05) is 10.9 Å².